The van der Waals surface area contributed by atoms with Crippen LogP contribution in [0.4, 0.5) is 0 Å². The first-order valence-electron chi connectivity index (χ1n) is 9.14. The number of aliphatic hydroxyl groups excluding tert-OH is 2. The minimum atomic E-state index is -0.982. The van der Waals surface area contributed by atoms with Crippen LogP contribution in [0.5, 0.6) is 0 Å². The number of hydrogen-bond donors (Lipinski definition) is 2. The third-order valence-electron chi connectivity index (χ3n) is 7.62. The van der Waals surface area contributed by atoms with E-state index in [9.17, 15) is 19.8 Å². The van der Waals surface area contributed by atoms with Gasteiger partial charge >= 0.3 is 0 Å². The molecule has 24 heavy (non-hydrogen) atoms. The molecule has 2 fully saturated rings. The predicted molar refractivity (Wildman–Crippen MR) is 91.2 cm³/mol. The highest BCUT2D eigenvalue weighted by molar-refractivity contribution is 5.88. The molecule has 0 amide bonds. The molecule has 2 N–H and O–H groups in total. The first-order chi connectivity index (χ1) is 11.1. The summed E-state index contributed by atoms with van der Waals surface area (Å²) < 4.78 is 0. The Labute approximate surface area is 144 Å². The monoisotopic (exact) mass is 334 g/mol. The molecule has 0 saturated heterocycles. The van der Waals surface area contributed by atoms with Gasteiger partial charge in [-0.1, -0.05) is 32.4 Å². The molecular formula is C20H30O4. The van der Waals surface area contributed by atoms with E-state index in [0.29, 0.717) is 24.5 Å². The summed E-state index contributed by atoms with van der Waals surface area (Å²) in [5.41, 5.74) is -0.0606. The number of carbonyl (C=O) groups is 2. The van der Waals surface area contributed by atoms with Gasteiger partial charge in [-0.05, 0) is 49.9 Å². The van der Waals surface area contributed by atoms with E-state index >= 15 is 0 Å². The molecule has 3 aliphatic rings. The van der Waals surface area contributed by atoms with Gasteiger partial charge in [0.05, 0.1) is 11.5 Å². The van der Waals surface area contributed by atoms with Crippen LogP contribution in [-0.4, -0.2) is 34.5 Å². The molecule has 0 aliphatic heterocycles. The molecule has 0 aromatic carbocycles. The highest BCUT2D eigenvalue weighted by Gasteiger charge is 2.58. The van der Waals surface area contributed by atoms with Crippen molar-refractivity contribution in [3.8, 4) is 0 Å². The van der Waals surface area contributed by atoms with Gasteiger partial charge in [0.15, 0.2) is 5.78 Å². The third kappa shape index (κ3) is 2.26. The van der Waals surface area contributed by atoms with Crippen molar-refractivity contribution in [2.75, 3.05) is 6.61 Å². The van der Waals surface area contributed by atoms with Gasteiger partial charge in [0.1, 0.15) is 12.4 Å². The van der Waals surface area contributed by atoms with Crippen molar-refractivity contribution in [2.45, 2.75) is 65.9 Å². The first-order valence-corrected chi connectivity index (χ1v) is 9.14. The number of aliphatic hydroxyl groups is 2. The van der Waals surface area contributed by atoms with Crippen LogP contribution in [0.25, 0.3) is 0 Å². The maximum absolute atomic E-state index is 12.4. The highest BCUT2D eigenvalue weighted by atomic mass is 16.3. The van der Waals surface area contributed by atoms with Gasteiger partial charge in [-0.3, -0.25) is 9.59 Å². The Balaban J connectivity index is 2.01. The van der Waals surface area contributed by atoms with E-state index in [-0.39, 0.29) is 22.5 Å². The molecule has 4 nitrogen and oxygen atoms in total. The van der Waals surface area contributed by atoms with Crippen molar-refractivity contribution < 1.29 is 19.8 Å². The molecule has 0 radical (unpaired) electrons. The maximum atomic E-state index is 12.4. The molecule has 0 aromatic heterocycles. The van der Waals surface area contributed by atoms with Crippen LogP contribution in [-0.2, 0) is 9.59 Å². The lowest BCUT2D eigenvalue weighted by Crippen LogP contribution is -2.56. The lowest BCUT2D eigenvalue weighted by Gasteiger charge is -2.59. The summed E-state index contributed by atoms with van der Waals surface area (Å²) in [6.45, 7) is 7.62. The fraction of sp³-hybridized carbons (Fsp3) is 0.800. The summed E-state index contributed by atoms with van der Waals surface area (Å²) in [5, 5.41) is 20.0. The fourth-order valence-electron chi connectivity index (χ4n) is 5.89. The Morgan fingerprint density at radius 2 is 1.92 bits per heavy atom. The second-order valence-electron chi connectivity index (χ2n) is 9.13. The number of allylic oxidation sites excluding steroid dienone is 1. The summed E-state index contributed by atoms with van der Waals surface area (Å²) in [5.74, 6) is 0.582. The molecule has 0 bridgehead atoms. The van der Waals surface area contributed by atoms with Gasteiger partial charge in [0.2, 0.25) is 0 Å². The quantitative estimate of drug-likeness (QED) is 0.761. The van der Waals surface area contributed by atoms with Crippen molar-refractivity contribution >= 4 is 11.6 Å². The average Bonchev–Trinajstić information content (AvgIpc) is 2.52. The number of hydrogen-bond acceptors (Lipinski definition) is 4. The Morgan fingerprint density at radius 1 is 1.25 bits per heavy atom. The SMILES string of the molecule is CC1(C)C(=O)CCC2(C)C3CC(O)C(C)(C(=O)CO)C=C3CCC12. The topological polar surface area (TPSA) is 74.6 Å². The second-order valence-corrected chi connectivity index (χ2v) is 9.13. The zero-order chi connectivity index (χ0) is 17.9. The summed E-state index contributed by atoms with van der Waals surface area (Å²) in [4.78, 5) is 24.6. The standard InChI is InChI=1S/C20H30O4/c1-18(2)14-6-5-12-10-20(4,17(24)11-21)16(23)9-13(12)19(14,3)8-7-15(18)22/h10,13-14,16,21,23H,5-9,11H2,1-4H3. The predicted octanol–water partition coefficient (Wildman–Crippen LogP) is 2.67. The van der Waals surface area contributed by atoms with Crippen molar-refractivity contribution in [2.24, 2.45) is 28.1 Å². The number of rotatable bonds is 2. The van der Waals surface area contributed by atoms with Crippen LogP contribution >= 0.6 is 0 Å². The van der Waals surface area contributed by atoms with Gasteiger partial charge in [0, 0.05) is 11.8 Å². The lowest BCUT2D eigenvalue weighted by molar-refractivity contribution is -0.148. The number of carbonyl (C=O) groups excluding carboxylic acids is 2. The van der Waals surface area contributed by atoms with Crippen molar-refractivity contribution in [3.63, 3.8) is 0 Å². The maximum Gasteiger partial charge on any atom is 0.170 e. The minimum Gasteiger partial charge on any atom is -0.392 e. The molecule has 3 rings (SSSR count). The van der Waals surface area contributed by atoms with Gasteiger partial charge in [0.25, 0.3) is 0 Å². The molecule has 0 heterocycles. The second kappa shape index (κ2) is 5.50. The molecule has 5 unspecified atom stereocenters. The molecule has 4 heteroatoms. The van der Waals surface area contributed by atoms with E-state index in [2.05, 4.69) is 20.8 Å². The molecule has 134 valence electrons. The zero-order valence-electron chi connectivity index (χ0n) is 15.3. The highest BCUT2D eigenvalue weighted by Crippen LogP contribution is 2.62. The normalized spacial score (nSPS) is 44.3. The van der Waals surface area contributed by atoms with Crippen LogP contribution in [0.15, 0.2) is 11.6 Å². The number of Topliss-reactive ketones (excluding diaryl/α,β-unsaturated/α-hetero) is 2. The Bertz CT molecular complexity index is 605. The van der Waals surface area contributed by atoms with Gasteiger partial charge in [-0.2, -0.15) is 0 Å². The summed E-state index contributed by atoms with van der Waals surface area (Å²) >= 11 is 0. The molecule has 3 aliphatic carbocycles. The Morgan fingerprint density at radius 3 is 2.54 bits per heavy atom. The van der Waals surface area contributed by atoms with Crippen LogP contribution in [0.2, 0.25) is 0 Å². The lowest BCUT2D eigenvalue weighted by atomic mass is 9.45. The third-order valence-corrected chi connectivity index (χ3v) is 7.62. The molecule has 2 saturated carbocycles. The van der Waals surface area contributed by atoms with Crippen LogP contribution in [0.3, 0.4) is 0 Å². The number of ketones is 2. The van der Waals surface area contributed by atoms with Crippen molar-refractivity contribution in [1.29, 1.82) is 0 Å². The Hall–Kier alpha value is -1.00. The van der Waals surface area contributed by atoms with Crippen LogP contribution in [0, 0.1) is 28.1 Å². The van der Waals surface area contributed by atoms with Gasteiger partial charge in [-0.25, -0.2) is 0 Å². The van der Waals surface area contributed by atoms with Crippen LogP contribution < -0.4 is 0 Å². The van der Waals surface area contributed by atoms with Crippen LogP contribution in [0.1, 0.15) is 59.8 Å². The van der Waals surface area contributed by atoms with Gasteiger partial charge in [-0.15, -0.1) is 0 Å². The molecule has 0 spiro atoms. The summed E-state index contributed by atoms with van der Waals surface area (Å²) in [7, 11) is 0. The smallest absolute Gasteiger partial charge is 0.170 e. The first kappa shape index (κ1) is 17.8. The average molecular weight is 334 g/mol. The van der Waals surface area contributed by atoms with Gasteiger partial charge < -0.3 is 10.2 Å². The van der Waals surface area contributed by atoms with E-state index in [1.807, 2.05) is 6.08 Å². The van der Waals surface area contributed by atoms with E-state index < -0.39 is 18.1 Å². The molecular weight excluding hydrogens is 304 g/mol. The number of fused-ring (bicyclic) bond motifs is 3. The van der Waals surface area contributed by atoms with E-state index in [0.717, 1.165) is 19.3 Å². The summed E-state index contributed by atoms with van der Waals surface area (Å²) in [6.07, 6.45) is 5.01. The largest absolute Gasteiger partial charge is 0.392 e. The zero-order valence-corrected chi connectivity index (χ0v) is 15.3. The van der Waals surface area contributed by atoms with E-state index in [4.69, 9.17) is 0 Å². The van der Waals surface area contributed by atoms with Crippen molar-refractivity contribution in [3.05, 3.63) is 11.6 Å². The van der Waals surface area contributed by atoms with E-state index in [1.54, 1.807) is 6.92 Å². The minimum absolute atomic E-state index is 0.00787. The summed E-state index contributed by atoms with van der Waals surface area (Å²) in [6, 6.07) is 0. The molecule has 0 aromatic rings. The van der Waals surface area contributed by atoms with E-state index in [1.165, 1.54) is 5.57 Å². The Kier molecular flexibility index (Phi) is 4.08. The fourth-order valence-corrected chi connectivity index (χ4v) is 5.89. The molecule has 5 atom stereocenters. The van der Waals surface area contributed by atoms with Crippen molar-refractivity contribution in [1.82, 2.24) is 0 Å².